The molecular formula is C27H39N3O6. The van der Waals surface area contributed by atoms with E-state index < -0.39 is 18.0 Å². The van der Waals surface area contributed by atoms with Crippen LogP contribution in [0.2, 0.25) is 0 Å². The molecule has 0 aromatic heterocycles. The van der Waals surface area contributed by atoms with E-state index in [4.69, 9.17) is 10.5 Å². The lowest BCUT2D eigenvalue weighted by Crippen LogP contribution is -2.30. The maximum atomic E-state index is 12.1. The molecule has 0 radical (unpaired) electrons. The number of ether oxygens (including phenoxy) is 1. The Kier molecular flexibility index (Phi) is 12.7. The molecule has 0 aliphatic heterocycles. The molecule has 2 rings (SSSR count). The summed E-state index contributed by atoms with van der Waals surface area (Å²) in [6.07, 6.45) is 5.22. The Labute approximate surface area is 212 Å². The van der Waals surface area contributed by atoms with E-state index in [-0.39, 0.29) is 17.9 Å². The number of hydrogen-bond acceptors (Lipinski definition) is 6. The van der Waals surface area contributed by atoms with E-state index in [9.17, 15) is 24.9 Å². The van der Waals surface area contributed by atoms with Gasteiger partial charge in [0.1, 0.15) is 5.75 Å². The van der Waals surface area contributed by atoms with E-state index in [0.29, 0.717) is 25.3 Å². The van der Waals surface area contributed by atoms with Gasteiger partial charge in [0.2, 0.25) is 0 Å². The van der Waals surface area contributed by atoms with Gasteiger partial charge in [0.15, 0.2) is 6.10 Å². The van der Waals surface area contributed by atoms with Crippen LogP contribution in [0.1, 0.15) is 66.9 Å². The quantitative estimate of drug-likeness (QED) is 0.194. The zero-order valence-electron chi connectivity index (χ0n) is 21.0. The molecule has 0 saturated carbocycles. The summed E-state index contributed by atoms with van der Waals surface area (Å²) in [5.74, 6) is -0.575. The molecule has 36 heavy (non-hydrogen) atoms. The van der Waals surface area contributed by atoms with Crippen LogP contribution >= 0.6 is 0 Å². The lowest BCUT2D eigenvalue weighted by molar-refractivity contribution is -0.129. The first-order valence-electron chi connectivity index (χ1n) is 12.4. The Hall–Kier alpha value is -3.14. The number of primary amides is 1. The smallest absolute Gasteiger partial charge is 0.316 e. The molecule has 0 unspecified atom stereocenters. The van der Waals surface area contributed by atoms with Crippen molar-refractivity contribution in [3.05, 3.63) is 58.7 Å². The van der Waals surface area contributed by atoms with Gasteiger partial charge < -0.3 is 36.4 Å². The number of aliphatic hydroxyl groups excluding tert-OH is 2. The van der Waals surface area contributed by atoms with Gasteiger partial charge in [-0.25, -0.2) is 4.79 Å². The molecule has 9 nitrogen and oxygen atoms in total. The van der Waals surface area contributed by atoms with Gasteiger partial charge in [-0.2, -0.15) is 0 Å². The summed E-state index contributed by atoms with van der Waals surface area (Å²) >= 11 is 0. The second kappa shape index (κ2) is 15.8. The van der Waals surface area contributed by atoms with Gasteiger partial charge in [0.05, 0.1) is 6.61 Å². The number of aryl methyl sites for hydroxylation is 2. The first-order chi connectivity index (χ1) is 17.3. The fourth-order valence-corrected chi connectivity index (χ4v) is 3.90. The summed E-state index contributed by atoms with van der Waals surface area (Å²) < 4.78 is 5.71. The molecule has 0 bridgehead atoms. The normalized spacial score (nSPS) is 11.8. The summed E-state index contributed by atoms with van der Waals surface area (Å²) in [4.78, 5) is 23.2. The van der Waals surface area contributed by atoms with Crippen LogP contribution in [-0.2, 0) is 22.6 Å². The van der Waals surface area contributed by atoms with Crippen LogP contribution in [0.5, 0.6) is 5.75 Å². The number of aromatic hydroxyl groups is 1. The molecule has 0 spiro atoms. The van der Waals surface area contributed by atoms with E-state index >= 15 is 0 Å². The maximum Gasteiger partial charge on any atom is 0.316 e. The topological polar surface area (TPSA) is 154 Å². The number of anilines is 1. The second-order valence-electron chi connectivity index (χ2n) is 8.92. The highest BCUT2D eigenvalue weighted by molar-refractivity contribution is 5.88. The van der Waals surface area contributed by atoms with Gasteiger partial charge in [0, 0.05) is 31.0 Å². The number of urea groups is 1. The lowest BCUT2D eigenvalue weighted by Gasteiger charge is -2.13. The number of rotatable bonds is 16. The number of unbranched alkanes of at least 4 members (excludes halogenated alkanes) is 4. The predicted molar refractivity (Wildman–Crippen MR) is 139 cm³/mol. The molecule has 1 atom stereocenters. The molecule has 0 fully saturated rings. The number of aliphatic hydroxyl groups is 2. The highest BCUT2D eigenvalue weighted by atomic mass is 16.5. The van der Waals surface area contributed by atoms with Crippen LogP contribution in [0, 0.1) is 6.92 Å². The fourth-order valence-electron chi connectivity index (χ4n) is 3.90. The molecule has 0 heterocycles. The van der Waals surface area contributed by atoms with Crippen molar-refractivity contribution in [3.63, 3.8) is 0 Å². The highest BCUT2D eigenvalue weighted by Crippen LogP contribution is 2.22. The number of carbonyl (C=O) groups is 2. The highest BCUT2D eigenvalue weighted by Gasteiger charge is 2.18. The third-order valence-corrected chi connectivity index (χ3v) is 5.76. The summed E-state index contributed by atoms with van der Waals surface area (Å²) in [7, 11) is 0. The van der Waals surface area contributed by atoms with Crippen LogP contribution in [-0.4, -0.2) is 47.0 Å². The third kappa shape index (κ3) is 10.6. The molecule has 198 valence electrons. The average Bonchev–Trinajstić information content (AvgIpc) is 2.83. The van der Waals surface area contributed by atoms with Crippen molar-refractivity contribution in [2.24, 2.45) is 5.73 Å². The zero-order valence-corrected chi connectivity index (χ0v) is 21.0. The van der Waals surface area contributed by atoms with Crippen molar-refractivity contribution in [2.45, 2.75) is 64.6 Å². The zero-order chi connectivity index (χ0) is 26.3. The Balaban J connectivity index is 1.48. The van der Waals surface area contributed by atoms with E-state index in [2.05, 4.69) is 16.7 Å². The predicted octanol–water partition coefficient (Wildman–Crippen LogP) is 3.43. The van der Waals surface area contributed by atoms with Crippen molar-refractivity contribution in [1.82, 2.24) is 5.32 Å². The van der Waals surface area contributed by atoms with Crippen LogP contribution in [0.15, 0.2) is 36.4 Å². The van der Waals surface area contributed by atoms with Crippen molar-refractivity contribution in [2.75, 3.05) is 25.1 Å². The van der Waals surface area contributed by atoms with Gasteiger partial charge in [-0.3, -0.25) is 4.79 Å². The Morgan fingerprint density at radius 1 is 1.00 bits per heavy atom. The molecule has 7 N–H and O–H groups in total. The van der Waals surface area contributed by atoms with Crippen molar-refractivity contribution in [1.29, 1.82) is 0 Å². The Morgan fingerprint density at radius 3 is 2.44 bits per heavy atom. The molecule has 3 amide bonds. The molecule has 0 aliphatic rings. The minimum atomic E-state index is -1.34. The number of phenols is 1. The van der Waals surface area contributed by atoms with Gasteiger partial charge in [-0.15, -0.1) is 0 Å². The molecule has 0 aliphatic carbocycles. The maximum absolute atomic E-state index is 12.1. The summed E-state index contributed by atoms with van der Waals surface area (Å²) in [6.45, 7) is 3.50. The van der Waals surface area contributed by atoms with Gasteiger partial charge in [-0.1, -0.05) is 25.0 Å². The minimum absolute atomic E-state index is 0.0744. The molecule has 0 saturated heterocycles. The van der Waals surface area contributed by atoms with Gasteiger partial charge >= 0.3 is 6.03 Å². The standard InChI is InChI=1S/C27H39N3O6/c1-19-14-20(16-23(15-19)30-27(28)35)8-4-7-13-36-12-6-3-2-5-11-29-26(34)25(33)21-9-10-24(32)22(17-21)18-31/h9-10,14-17,25,31-33H,2-8,11-13,18H2,1H3,(H,29,34)(H3,28,30,35)/t25-/m1/s1. The minimum Gasteiger partial charge on any atom is -0.508 e. The molecule has 2 aromatic carbocycles. The number of hydrogen-bond donors (Lipinski definition) is 6. The van der Waals surface area contributed by atoms with Crippen molar-refractivity contribution in [3.8, 4) is 5.75 Å². The van der Waals surface area contributed by atoms with Gasteiger partial charge in [0.25, 0.3) is 5.91 Å². The van der Waals surface area contributed by atoms with Crippen LogP contribution in [0.3, 0.4) is 0 Å². The number of amides is 3. The molecule has 2 aromatic rings. The number of nitrogens with two attached hydrogens (primary N) is 1. The van der Waals surface area contributed by atoms with Crippen LogP contribution in [0.25, 0.3) is 0 Å². The Morgan fingerprint density at radius 2 is 1.72 bits per heavy atom. The lowest BCUT2D eigenvalue weighted by atomic mass is 10.0. The summed E-state index contributed by atoms with van der Waals surface area (Å²) in [5, 5.41) is 34.3. The first kappa shape index (κ1) is 29.1. The van der Waals surface area contributed by atoms with E-state index in [1.54, 1.807) is 0 Å². The first-order valence-corrected chi connectivity index (χ1v) is 12.4. The third-order valence-electron chi connectivity index (χ3n) is 5.76. The van der Waals surface area contributed by atoms with E-state index in [1.165, 1.54) is 18.2 Å². The van der Waals surface area contributed by atoms with Crippen molar-refractivity contribution < 1.29 is 29.6 Å². The Bertz CT molecular complexity index is 982. The number of benzene rings is 2. The van der Waals surface area contributed by atoms with Crippen molar-refractivity contribution >= 4 is 17.6 Å². The van der Waals surface area contributed by atoms with E-state index in [1.807, 2.05) is 19.1 Å². The molecular weight excluding hydrogens is 462 g/mol. The largest absolute Gasteiger partial charge is 0.508 e. The second-order valence-corrected chi connectivity index (χ2v) is 8.92. The monoisotopic (exact) mass is 501 g/mol. The fraction of sp³-hybridized carbons (Fsp3) is 0.481. The number of nitrogens with one attached hydrogen (secondary N) is 2. The molecule has 9 heteroatoms. The van der Waals surface area contributed by atoms with Gasteiger partial charge in [-0.05, 0) is 80.0 Å². The van der Waals surface area contributed by atoms with E-state index in [0.717, 1.165) is 61.8 Å². The average molecular weight is 502 g/mol. The SMILES string of the molecule is Cc1cc(CCCCOCCCCCCNC(=O)[C@H](O)c2ccc(O)c(CO)c2)cc(NC(N)=O)c1. The van der Waals surface area contributed by atoms with Crippen LogP contribution in [0.4, 0.5) is 10.5 Å². The van der Waals surface area contributed by atoms with Crippen LogP contribution < -0.4 is 16.4 Å². The summed E-state index contributed by atoms with van der Waals surface area (Å²) in [5.41, 5.74) is 8.75. The number of carbonyl (C=O) groups excluding carboxylic acids is 2. The summed E-state index contributed by atoms with van der Waals surface area (Å²) in [6, 6.07) is 9.61.